The van der Waals surface area contributed by atoms with Crippen molar-refractivity contribution in [2.24, 2.45) is 0 Å². The standard InChI is InChI=1S/C21H17N3O2S/c25-18(12-15-6-3-5-13-4-1-2-7-16(13)15)22-17-10-11-27-19(17)21-23-20(24-26-21)14-8-9-14/h1-7,10-11,14H,8-9,12H2,(H,22,25). The van der Waals surface area contributed by atoms with E-state index in [1.165, 1.54) is 11.3 Å². The molecule has 0 unspecified atom stereocenters. The summed E-state index contributed by atoms with van der Waals surface area (Å²) in [5, 5.41) is 11.2. The maximum absolute atomic E-state index is 12.7. The number of nitrogens with zero attached hydrogens (tertiary/aromatic N) is 2. The summed E-state index contributed by atoms with van der Waals surface area (Å²) in [7, 11) is 0. The number of thiophene rings is 1. The molecule has 134 valence electrons. The lowest BCUT2D eigenvalue weighted by atomic mass is 10.0. The molecule has 1 N–H and O–H groups in total. The molecule has 1 aliphatic rings. The van der Waals surface area contributed by atoms with E-state index in [-0.39, 0.29) is 5.91 Å². The topological polar surface area (TPSA) is 68.0 Å². The van der Waals surface area contributed by atoms with Crippen LogP contribution < -0.4 is 5.32 Å². The van der Waals surface area contributed by atoms with Crippen LogP contribution in [-0.2, 0) is 11.2 Å². The zero-order chi connectivity index (χ0) is 18.2. The molecule has 0 spiro atoms. The first-order valence-corrected chi connectivity index (χ1v) is 9.84. The Bertz CT molecular complexity index is 1120. The monoisotopic (exact) mass is 375 g/mol. The summed E-state index contributed by atoms with van der Waals surface area (Å²) in [4.78, 5) is 18.0. The summed E-state index contributed by atoms with van der Waals surface area (Å²) in [6.45, 7) is 0. The maximum atomic E-state index is 12.7. The second kappa shape index (κ2) is 6.63. The van der Waals surface area contributed by atoms with Gasteiger partial charge in [-0.3, -0.25) is 4.79 Å². The molecule has 27 heavy (non-hydrogen) atoms. The Morgan fingerprint density at radius 3 is 2.89 bits per heavy atom. The van der Waals surface area contributed by atoms with Gasteiger partial charge in [0.1, 0.15) is 4.88 Å². The van der Waals surface area contributed by atoms with Crippen molar-refractivity contribution in [2.45, 2.75) is 25.2 Å². The van der Waals surface area contributed by atoms with Gasteiger partial charge in [-0.2, -0.15) is 4.98 Å². The minimum atomic E-state index is -0.0621. The molecule has 0 aliphatic heterocycles. The van der Waals surface area contributed by atoms with Gasteiger partial charge in [0.05, 0.1) is 12.1 Å². The van der Waals surface area contributed by atoms with Gasteiger partial charge in [-0.1, -0.05) is 47.6 Å². The SMILES string of the molecule is O=C(Cc1cccc2ccccc12)Nc1ccsc1-c1nc(C2CC2)no1. The van der Waals surface area contributed by atoms with Crippen LogP contribution in [0.5, 0.6) is 0 Å². The number of aromatic nitrogens is 2. The number of hydrogen-bond acceptors (Lipinski definition) is 5. The van der Waals surface area contributed by atoms with E-state index >= 15 is 0 Å². The van der Waals surface area contributed by atoms with E-state index < -0.39 is 0 Å². The minimum Gasteiger partial charge on any atom is -0.333 e. The van der Waals surface area contributed by atoms with Gasteiger partial charge in [0.25, 0.3) is 5.89 Å². The number of fused-ring (bicyclic) bond motifs is 1. The molecule has 0 saturated heterocycles. The summed E-state index contributed by atoms with van der Waals surface area (Å²) in [5.41, 5.74) is 1.73. The predicted octanol–water partition coefficient (Wildman–Crippen LogP) is 5.01. The van der Waals surface area contributed by atoms with Gasteiger partial charge in [0.15, 0.2) is 5.82 Å². The molecule has 5 nitrogen and oxygen atoms in total. The minimum absolute atomic E-state index is 0.0621. The van der Waals surface area contributed by atoms with Gasteiger partial charge in [0.2, 0.25) is 5.91 Å². The van der Waals surface area contributed by atoms with Gasteiger partial charge in [-0.25, -0.2) is 0 Å². The molecule has 6 heteroatoms. The molecular weight excluding hydrogens is 358 g/mol. The highest BCUT2D eigenvalue weighted by Crippen LogP contribution is 2.40. The number of benzene rings is 2. The third-order valence-corrected chi connectivity index (χ3v) is 5.65. The third-order valence-electron chi connectivity index (χ3n) is 4.75. The normalized spacial score (nSPS) is 13.8. The molecule has 4 aromatic rings. The molecule has 1 saturated carbocycles. The Morgan fingerprint density at radius 2 is 2.00 bits per heavy atom. The lowest BCUT2D eigenvalue weighted by molar-refractivity contribution is -0.115. The van der Waals surface area contributed by atoms with Crippen LogP contribution in [0.2, 0.25) is 0 Å². The Hall–Kier alpha value is -2.99. The number of rotatable bonds is 5. The summed E-state index contributed by atoms with van der Waals surface area (Å²) in [6.07, 6.45) is 2.56. The fourth-order valence-electron chi connectivity index (χ4n) is 3.22. The van der Waals surface area contributed by atoms with Crippen molar-refractivity contribution >= 4 is 33.7 Å². The summed E-state index contributed by atoms with van der Waals surface area (Å²) < 4.78 is 5.41. The van der Waals surface area contributed by atoms with Gasteiger partial charge in [-0.15, -0.1) is 11.3 Å². The zero-order valence-corrected chi connectivity index (χ0v) is 15.3. The fraction of sp³-hybridized carbons (Fsp3) is 0.190. The van der Waals surface area contributed by atoms with Crippen LogP contribution in [-0.4, -0.2) is 16.0 Å². The average molecular weight is 375 g/mol. The second-order valence-corrected chi connectivity index (χ2v) is 7.67. The van der Waals surface area contributed by atoms with E-state index in [1.54, 1.807) is 0 Å². The average Bonchev–Trinajstić information content (AvgIpc) is 3.23. The van der Waals surface area contributed by atoms with Crippen LogP contribution in [0.4, 0.5) is 5.69 Å². The van der Waals surface area contributed by atoms with Crippen LogP contribution in [0.3, 0.4) is 0 Å². The van der Waals surface area contributed by atoms with E-state index in [4.69, 9.17) is 4.52 Å². The second-order valence-electron chi connectivity index (χ2n) is 6.76. The lowest BCUT2D eigenvalue weighted by Crippen LogP contribution is -2.14. The van der Waals surface area contributed by atoms with Crippen molar-refractivity contribution in [3.05, 3.63) is 65.3 Å². The van der Waals surface area contributed by atoms with Crippen LogP contribution >= 0.6 is 11.3 Å². The lowest BCUT2D eigenvalue weighted by Gasteiger charge is -2.08. The number of carbonyl (C=O) groups is 1. The highest BCUT2D eigenvalue weighted by atomic mass is 32.1. The fourth-order valence-corrected chi connectivity index (χ4v) is 3.99. The van der Waals surface area contributed by atoms with E-state index in [0.717, 1.165) is 45.6 Å². The molecule has 1 fully saturated rings. The molecule has 1 amide bonds. The molecule has 2 heterocycles. The Kier molecular flexibility index (Phi) is 3.98. The van der Waals surface area contributed by atoms with Crippen LogP contribution in [0.15, 0.2) is 58.4 Å². The summed E-state index contributed by atoms with van der Waals surface area (Å²) >= 11 is 1.49. The van der Waals surface area contributed by atoms with E-state index in [0.29, 0.717) is 18.2 Å². The quantitative estimate of drug-likeness (QED) is 0.532. The zero-order valence-electron chi connectivity index (χ0n) is 14.5. The van der Waals surface area contributed by atoms with Gasteiger partial charge < -0.3 is 9.84 Å². The summed E-state index contributed by atoms with van der Waals surface area (Å²) in [5.74, 6) is 1.62. The van der Waals surface area contributed by atoms with Crippen molar-refractivity contribution in [3.8, 4) is 10.8 Å². The Labute approximate surface area is 160 Å². The largest absolute Gasteiger partial charge is 0.333 e. The van der Waals surface area contributed by atoms with Crippen molar-refractivity contribution in [1.82, 2.24) is 10.1 Å². The van der Waals surface area contributed by atoms with E-state index in [1.807, 2.05) is 41.8 Å². The number of hydrogen-bond donors (Lipinski definition) is 1. The Morgan fingerprint density at radius 1 is 1.15 bits per heavy atom. The van der Waals surface area contributed by atoms with Gasteiger partial charge >= 0.3 is 0 Å². The number of anilines is 1. The first-order chi connectivity index (χ1) is 13.3. The highest BCUT2D eigenvalue weighted by molar-refractivity contribution is 7.14. The van der Waals surface area contributed by atoms with Gasteiger partial charge in [-0.05, 0) is 40.6 Å². The number of amides is 1. The van der Waals surface area contributed by atoms with Crippen LogP contribution in [0.1, 0.15) is 30.1 Å². The van der Waals surface area contributed by atoms with Crippen molar-refractivity contribution in [1.29, 1.82) is 0 Å². The smallest absolute Gasteiger partial charge is 0.270 e. The first-order valence-electron chi connectivity index (χ1n) is 8.96. The molecule has 5 rings (SSSR count). The highest BCUT2D eigenvalue weighted by Gasteiger charge is 2.29. The predicted molar refractivity (Wildman–Crippen MR) is 106 cm³/mol. The molecular formula is C21H17N3O2S. The number of nitrogens with one attached hydrogen (secondary N) is 1. The van der Waals surface area contributed by atoms with E-state index in [2.05, 4.69) is 27.6 Å². The van der Waals surface area contributed by atoms with Crippen molar-refractivity contribution in [2.75, 3.05) is 5.32 Å². The maximum Gasteiger partial charge on any atom is 0.270 e. The van der Waals surface area contributed by atoms with Crippen molar-refractivity contribution in [3.63, 3.8) is 0 Å². The number of carbonyl (C=O) groups excluding carboxylic acids is 1. The van der Waals surface area contributed by atoms with E-state index in [9.17, 15) is 4.79 Å². The molecule has 2 aromatic carbocycles. The molecule has 0 radical (unpaired) electrons. The molecule has 1 aliphatic carbocycles. The van der Waals surface area contributed by atoms with Gasteiger partial charge in [0, 0.05) is 5.92 Å². The Balaban J connectivity index is 1.36. The third kappa shape index (κ3) is 3.24. The summed E-state index contributed by atoms with van der Waals surface area (Å²) in [6, 6.07) is 16.0. The molecule has 2 aromatic heterocycles. The molecule has 0 bridgehead atoms. The van der Waals surface area contributed by atoms with Crippen LogP contribution in [0, 0.1) is 0 Å². The first kappa shape index (κ1) is 16.2. The molecule has 0 atom stereocenters. The van der Waals surface area contributed by atoms with Crippen molar-refractivity contribution < 1.29 is 9.32 Å². The van der Waals surface area contributed by atoms with Crippen LogP contribution in [0.25, 0.3) is 21.5 Å².